The van der Waals surface area contributed by atoms with Gasteiger partial charge in [0, 0.05) is 13.1 Å². The van der Waals surface area contributed by atoms with E-state index in [0.717, 1.165) is 6.42 Å². The molecule has 6 heteroatoms. The molecule has 1 fully saturated rings. The van der Waals surface area contributed by atoms with Crippen molar-refractivity contribution in [3.63, 3.8) is 0 Å². The van der Waals surface area contributed by atoms with E-state index >= 15 is 0 Å². The van der Waals surface area contributed by atoms with Gasteiger partial charge in [-0.05, 0) is 19.3 Å². The van der Waals surface area contributed by atoms with E-state index < -0.39 is 24.1 Å². The Morgan fingerprint density at radius 1 is 1.50 bits per heavy atom. The summed E-state index contributed by atoms with van der Waals surface area (Å²) >= 11 is 0. The van der Waals surface area contributed by atoms with Crippen LogP contribution >= 0.6 is 0 Å². The number of hydrogen-bond donors (Lipinski definition) is 3. The molecular formula is C10H18N2O4. The Morgan fingerprint density at radius 3 is 2.62 bits per heavy atom. The second-order valence-corrected chi connectivity index (χ2v) is 4.29. The van der Waals surface area contributed by atoms with E-state index in [1.54, 1.807) is 0 Å². The highest BCUT2D eigenvalue weighted by atomic mass is 16.4. The summed E-state index contributed by atoms with van der Waals surface area (Å²) in [5.74, 6) is -0.889. The van der Waals surface area contributed by atoms with Crippen LogP contribution in [0.15, 0.2) is 0 Å². The number of hydrogen-bond acceptors (Lipinski definition) is 3. The molecule has 1 heterocycles. The van der Waals surface area contributed by atoms with Gasteiger partial charge in [0.1, 0.15) is 6.04 Å². The van der Waals surface area contributed by atoms with Crippen molar-refractivity contribution in [1.82, 2.24) is 10.2 Å². The molecule has 0 aromatic rings. The maximum absolute atomic E-state index is 11.6. The Morgan fingerprint density at radius 2 is 2.12 bits per heavy atom. The SMILES string of the molecule is CC1CCN(C(=O)N[C@H](C)C(=O)O)CC1O. The van der Waals surface area contributed by atoms with Gasteiger partial charge in [0.15, 0.2) is 0 Å². The third kappa shape index (κ3) is 3.10. The van der Waals surface area contributed by atoms with Crippen LogP contribution in [0.5, 0.6) is 0 Å². The van der Waals surface area contributed by atoms with Crippen LogP contribution in [0.4, 0.5) is 4.79 Å². The Labute approximate surface area is 94.2 Å². The van der Waals surface area contributed by atoms with E-state index in [1.807, 2.05) is 6.92 Å². The molecule has 6 nitrogen and oxygen atoms in total. The minimum Gasteiger partial charge on any atom is -0.480 e. The van der Waals surface area contributed by atoms with Crippen LogP contribution in [0.25, 0.3) is 0 Å². The molecule has 3 atom stereocenters. The molecule has 0 bridgehead atoms. The van der Waals surface area contributed by atoms with E-state index in [1.165, 1.54) is 11.8 Å². The Balaban J connectivity index is 2.46. The molecular weight excluding hydrogens is 212 g/mol. The van der Waals surface area contributed by atoms with E-state index in [0.29, 0.717) is 6.54 Å². The number of β-amino-alcohol motifs (C(OH)–C–C–N with tert-alkyl or cyclic N) is 1. The van der Waals surface area contributed by atoms with Crippen molar-refractivity contribution < 1.29 is 19.8 Å². The topological polar surface area (TPSA) is 89.9 Å². The number of urea groups is 1. The molecule has 0 aliphatic carbocycles. The highest BCUT2D eigenvalue weighted by molar-refractivity contribution is 5.82. The molecule has 1 aliphatic heterocycles. The van der Waals surface area contributed by atoms with Gasteiger partial charge >= 0.3 is 12.0 Å². The van der Waals surface area contributed by atoms with Crippen molar-refractivity contribution in [3.8, 4) is 0 Å². The highest BCUT2D eigenvalue weighted by Gasteiger charge is 2.28. The summed E-state index contributed by atoms with van der Waals surface area (Å²) in [6.45, 7) is 4.15. The van der Waals surface area contributed by atoms with Crippen molar-refractivity contribution in [3.05, 3.63) is 0 Å². The monoisotopic (exact) mass is 230 g/mol. The molecule has 0 spiro atoms. The fraction of sp³-hybridized carbons (Fsp3) is 0.800. The summed E-state index contributed by atoms with van der Waals surface area (Å²) in [6.07, 6.45) is 0.204. The molecule has 1 saturated heterocycles. The number of nitrogens with zero attached hydrogens (tertiary/aromatic N) is 1. The van der Waals surface area contributed by atoms with Gasteiger partial charge in [-0.25, -0.2) is 4.79 Å². The predicted molar refractivity (Wildman–Crippen MR) is 57.0 cm³/mol. The van der Waals surface area contributed by atoms with E-state index in [2.05, 4.69) is 5.32 Å². The molecule has 0 radical (unpaired) electrons. The first kappa shape index (κ1) is 12.8. The Hall–Kier alpha value is -1.30. The first-order chi connectivity index (χ1) is 7.41. The number of carboxylic acid groups (broad SMARTS) is 1. The standard InChI is InChI=1S/C10H18N2O4/c1-6-3-4-12(5-8(6)13)10(16)11-7(2)9(14)15/h6-8,13H,3-5H2,1-2H3,(H,11,16)(H,14,15)/t6?,7-,8?/m1/s1. The normalized spacial score (nSPS) is 27.3. The van der Waals surface area contributed by atoms with Crippen LogP contribution < -0.4 is 5.32 Å². The van der Waals surface area contributed by atoms with Gasteiger partial charge in [-0.2, -0.15) is 0 Å². The average molecular weight is 230 g/mol. The quantitative estimate of drug-likeness (QED) is 0.616. The third-order valence-corrected chi connectivity index (χ3v) is 2.92. The second kappa shape index (κ2) is 5.16. The minimum atomic E-state index is -1.07. The highest BCUT2D eigenvalue weighted by Crippen LogP contribution is 2.16. The van der Waals surface area contributed by atoms with Crippen LogP contribution in [-0.4, -0.2) is 52.3 Å². The van der Waals surface area contributed by atoms with E-state index in [-0.39, 0.29) is 12.5 Å². The molecule has 1 aliphatic rings. The fourth-order valence-corrected chi connectivity index (χ4v) is 1.57. The number of carboxylic acids is 1. The zero-order valence-corrected chi connectivity index (χ0v) is 9.51. The summed E-state index contributed by atoms with van der Waals surface area (Å²) < 4.78 is 0. The Bertz CT molecular complexity index is 282. The first-order valence-electron chi connectivity index (χ1n) is 5.38. The van der Waals surface area contributed by atoms with Gasteiger partial charge in [0.05, 0.1) is 6.10 Å². The van der Waals surface area contributed by atoms with Gasteiger partial charge in [-0.1, -0.05) is 6.92 Å². The van der Waals surface area contributed by atoms with E-state index in [4.69, 9.17) is 5.11 Å². The van der Waals surface area contributed by atoms with Crippen LogP contribution in [0.3, 0.4) is 0 Å². The van der Waals surface area contributed by atoms with Crippen LogP contribution in [0.2, 0.25) is 0 Å². The number of amides is 2. The third-order valence-electron chi connectivity index (χ3n) is 2.92. The van der Waals surface area contributed by atoms with Crippen LogP contribution in [-0.2, 0) is 4.79 Å². The Kier molecular flexibility index (Phi) is 4.12. The van der Waals surface area contributed by atoms with Crippen molar-refractivity contribution in [2.24, 2.45) is 5.92 Å². The van der Waals surface area contributed by atoms with Gasteiger partial charge < -0.3 is 20.4 Å². The largest absolute Gasteiger partial charge is 0.480 e. The summed E-state index contributed by atoms with van der Waals surface area (Å²) in [5, 5.41) is 20.6. The smallest absolute Gasteiger partial charge is 0.325 e. The number of carbonyl (C=O) groups excluding carboxylic acids is 1. The number of piperidine rings is 1. The number of aliphatic hydroxyl groups excluding tert-OH is 1. The summed E-state index contributed by atoms with van der Waals surface area (Å²) in [7, 11) is 0. The molecule has 0 aromatic carbocycles. The summed E-state index contributed by atoms with van der Waals surface area (Å²) in [6, 6.07) is -1.34. The zero-order chi connectivity index (χ0) is 12.3. The number of rotatable bonds is 2. The lowest BCUT2D eigenvalue weighted by molar-refractivity contribution is -0.138. The number of carbonyl (C=O) groups is 2. The molecule has 2 amide bonds. The number of nitrogens with one attached hydrogen (secondary N) is 1. The number of aliphatic hydroxyl groups is 1. The fourth-order valence-electron chi connectivity index (χ4n) is 1.57. The molecule has 1 rings (SSSR count). The van der Waals surface area contributed by atoms with Gasteiger partial charge in [0.25, 0.3) is 0 Å². The second-order valence-electron chi connectivity index (χ2n) is 4.29. The zero-order valence-electron chi connectivity index (χ0n) is 9.51. The molecule has 0 saturated carbocycles. The molecule has 3 N–H and O–H groups in total. The molecule has 16 heavy (non-hydrogen) atoms. The number of aliphatic carboxylic acids is 1. The molecule has 2 unspecified atom stereocenters. The van der Waals surface area contributed by atoms with E-state index in [9.17, 15) is 14.7 Å². The molecule has 0 aromatic heterocycles. The van der Waals surface area contributed by atoms with Crippen molar-refractivity contribution in [2.75, 3.05) is 13.1 Å². The van der Waals surface area contributed by atoms with Gasteiger partial charge in [-0.15, -0.1) is 0 Å². The number of likely N-dealkylation sites (tertiary alicyclic amines) is 1. The predicted octanol–water partition coefficient (Wildman–Crippen LogP) is -0.128. The lowest BCUT2D eigenvalue weighted by Gasteiger charge is -2.34. The lowest BCUT2D eigenvalue weighted by atomic mass is 9.96. The first-order valence-corrected chi connectivity index (χ1v) is 5.38. The van der Waals surface area contributed by atoms with Crippen LogP contribution in [0, 0.1) is 5.92 Å². The maximum Gasteiger partial charge on any atom is 0.325 e. The average Bonchev–Trinajstić information content (AvgIpc) is 2.21. The van der Waals surface area contributed by atoms with Crippen molar-refractivity contribution >= 4 is 12.0 Å². The van der Waals surface area contributed by atoms with Crippen molar-refractivity contribution in [1.29, 1.82) is 0 Å². The van der Waals surface area contributed by atoms with Gasteiger partial charge in [0.2, 0.25) is 0 Å². The lowest BCUT2D eigenvalue weighted by Crippen LogP contribution is -2.52. The summed E-state index contributed by atoms with van der Waals surface area (Å²) in [4.78, 5) is 23.6. The maximum atomic E-state index is 11.6. The van der Waals surface area contributed by atoms with Gasteiger partial charge in [-0.3, -0.25) is 4.79 Å². The van der Waals surface area contributed by atoms with Crippen LogP contribution in [0.1, 0.15) is 20.3 Å². The van der Waals surface area contributed by atoms with Crippen molar-refractivity contribution in [2.45, 2.75) is 32.4 Å². The summed E-state index contributed by atoms with van der Waals surface area (Å²) in [5.41, 5.74) is 0. The minimum absolute atomic E-state index is 0.181. The molecule has 92 valence electrons.